The van der Waals surface area contributed by atoms with Gasteiger partial charge in [-0.1, -0.05) is 0 Å². The molecule has 27 heavy (non-hydrogen) atoms. The lowest BCUT2D eigenvalue weighted by atomic mass is 10.0. The minimum absolute atomic E-state index is 0.244. The van der Waals surface area contributed by atoms with Gasteiger partial charge in [0.1, 0.15) is 17.2 Å². The lowest BCUT2D eigenvalue weighted by Gasteiger charge is -2.08. The van der Waals surface area contributed by atoms with E-state index in [2.05, 4.69) is 0 Å². The summed E-state index contributed by atoms with van der Waals surface area (Å²) in [5.74, 6) is 0.250. The largest absolute Gasteiger partial charge is 0.495 e. The summed E-state index contributed by atoms with van der Waals surface area (Å²) in [5, 5.41) is 0. The maximum absolute atomic E-state index is 13.3. The van der Waals surface area contributed by atoms with Crippen LogP contribution in [0.25, 0.3) is 5.52 Å². The molecular weight excluding hydrogens is 348 g/mol. The van der Waals surface area contributed by atoms with E-state index in [-0.39, 0.29) is 5.78 Å². The molecule has 0 saturated heterocycles. The number of ketones is 1. The van der Waals surface area contributed by atoms with Crippen LogP contribution in [0.1, 0.15) is 32.0 Å². The van der Waals surface area contributed by atoms with Gasteiger partial charge < -0.3 is 24.3 Å². The molecular formula is C20H20N2O5. The van der Waals surface area contributed by atoms with Gasteiger partial charge in [-0.15, -0.1) is 0 Å². The second kappa shape index (κ2) is 7.03. The molecule has 7 nitrogen and oxygen atoms in total. The molecule has 1 aromatic carbocycles. The summed E-state index contributed by atoms with van der Waals surface area (Å²) >= 11 is 0. The van der Waals surface area contributed by atoms with Crippen molar-refractivity contribution < 1.29 is 23.8 Å². The Morgan fingerprint density at radius 2 is 1.70 bits per heavy atom. The number of anilines is 1. The third kappa shape index (κ3) is 2.97. The molecule has 0 aliphatic carbocycles. The highest BCUT2D eigenvalue weighted by Crippen LogP contribution is 2.33. The van der Waals surface area contributed by atoms with Crippen LogP contribution in [0.4, 0.5) is 5.69 Å². The molecule has 0 aliphatic rings. The Labute approximate surface area is 156 Å². The zero-order valence-corrected chi connectivity index (χ0v) is 15.5. The van der Waals surface area contributed by atoms with Crippen molar-refractivity contribution >= 4 is 23.0 Å². The number of methoxy groups -OCH3 is 3. The maximum Gasteiger partial charge on any atom is 0.339 e. The van der Waals surface area contributed by atoms with Gasteiger partial charge in [-0.25, -0.2) is 4.79 Å². The predicted octanol–water partition coefficient (Wildman–Crippen LogP) is 2.86. The zero-order chi connectivity index (χ0) is 19.7. The van der Waals surface area contributed by atoms with E-state index in [0.717, 1.165) is 0 Å². The number of benzene rings is 1. The summed E-state index contributed by atoms with van der Waals surface area (Å²) in [6.07, 6.45) is 1.57. The van der Waals surface area contributed by atoms with Gasteiger partial charge in [0.15, 0.2) is 0 Å². The van der Waals surface area contributed by atoms with E-state index in [0.29, 0.717) is 45.1 Å². The molecule has 140 valence electrons. The van der Waals surface area contributed by atoms with Gasteiger partial charge in [-0.2, -0.15) is 0 Å². The molecule has 0 unspecified atom stereocenters. The summed E-state index contributed by atoms with van der Waals surface area (Å²) < 4.78 is 17.1. The standard InChI is InChI=1S/C20H20N2O5/c1-11-17(18(23)12-5-7-14(21)16(9-12)25-2)22-10-13(20(24)27-4)6-8-15(22)19(11)26-3/h5-10H,21H2,1-4H3. The molecule has 2 aromatic heterocycles. The van der Waals surface area contributed by atoms with E-state index >= 15 is 0 Å². The van der Waals surface area contributed by atoms with Crippen LogP contribution in [0.3, 0.4) is 0 Å². The molecule has 0 fully saturated rings. The van der Waals surface area contributed by atoms with Crippen molar-refractivity contribution in [2.75, 3.05) is 27.1 Å². The number of aromatic nitrogens is 1. The second-order valence-corrected chi connectivity index (χ2v) is 5.96. The van der Waals surface area contributed by atoms with Gasteiger partial charge in [-0.3, -0.25) is 4.79 Å². The molecule has 0 amide bonds. The fraction of sp³-hybridized carbons (Fsp3) is 0.200. The van der Waals surface area contributed by atoms with Crippen LogP contribution in [-0.4, -0.2) is 37.5 Å². The highest BCUT2D eigenvalue weighted by Gasteiger charge is 2.24. The Morgan fingerprint density at radius 3 is 2.33 bits per heavy atom. The van der Waals surface area contributed by atoms with Crippen molar-refractivity contribution in [3.8, 4) is 11.5 Å². The number of hydrogen-bond donors (Lipinski definition) is 1. The quantitative estimate of drug-likeness (QED) is 0.423. The molecule has 0 atom stereocenters. The fourth-order valence-electron chi connectivity index (χ4n) is 3.12. The van der Waals surface area contributed by atoms with Gasteiger partial charge in [0.25, 0.3) is 0 Å². The molecule has 2 heterocycles. The van der Waals surface area contributed by atoms with E-state index in [4.69, 9.17) is 19.9 Å². The summed E-state index contributed by atoms with van der Waals surface area (Å²) in [5.41, 5.74) is 8.75. The van der Waals surface area contributed by atoms with E-state index in [1.54, 1.807) is 47.9 Å². The molecule has 0 radical (unpaired) electrons. The number of pyridine rings is 1. The average Bonchev–Trinajstić information content (AvgIpc) is 2.97. The Balaban J connectivity index is 2.24. The number of hydrogen-bond acceptors (Lipinski definition) is 6. The first-order chi connectivity index (χ1) is 12.9. The highest BCUT2D eigenvalue weighted by atomic mass is 16.5. The Kier molecular flexibility index (Phi) is 4.77. The van der Waals surface area contributed by atoms with Crippen LogP contribution in [0, 0.1) is 6.92 Å². The molecule has 0 bridgehead atoms. The summed E-state index contributed by atoms with van der Waals surface area (Å²) in [7, 11) is 4.33. The summed E-state index contributed by atoms with van der Waals surface area (Å²) in [4.78, 5) is 25.2. The zero-order valence-electron chi connectivity index (χ0n) is 15.5. The van der Waals surface area contributed by atoms with Crippen LogP contribution in [0.2, 0.25) is 0 Å². The highest BCUT2D eigenvalue weighted by molar-refractivity contribution is 6.11. The minimum atomic E-state index is -0.491. The Hall–Kier alpha value is -3.48. The summed E-state index contributed by atoms with van der Waals surface area (Å²) in [6.45, 7) is 1.80. The number of rotatable bonds is 5. The minimum Gasteiger partial charge on any atom is -0.495 e. The summed E-state index contributed by atoms with van der Waals surface area (Å²) in [6, 6.07) is 8.19. The molecule has 0 spiro atoms. The van der Waals surface area contributed by atoms with Crippen molar-refractivity contribution in [2.45, 2.75) is 6.92 Å². The second-order valence-electron chi connectivity index (χ2n) is 5.96. The first-order valence-corrected chi connectivity index (χ1v) is 8.18. The van der Waals surface area contributed by atoms with Gasteiger partial charge in [0.2, 0.25) is 5.78 Å². The molecule has 2 N–H and O–H groups in total. The third-order valence-electron chi connectivity index (χ3n) is 4.45. The van der Waals surface area contributed by atoms with E-state index in [9.17, 15) is 9.59 Å². The van der Waals surface area contributed by atoms with Crippen LogP contribution in [0.15, 0.2) is 36.5 Å². The SMILES string of the molecule is COC(=O)c1ccc2c(OC)c(C)c(C(=O)c3ccc(N)c(OC)c3)n2c1. The normalized spacial score (nSPS) is 10.7. The number of esters is 1. The number of ether oxygens (including phenoxy) is 3. The number of carbonyl (C=O) groups excluding carboxylic acids is 2. The van der Waals surface area contributed by atoms with Crippen molar-refractivity contribution in [3.63, 3.8) is 0 Å². The van der Waals surface area contributed by atoms with Crippen molar-refractivity contribution in [2.24, 2.45) is 0 Å². The lowest BCUT2D eigenvalue weighted by Crippen LogP contribution is -2.09. The Bertz CT molecular complexity index is 1050. The monoisotopic (exact) mass is 368 g/mol. The fourth-order valence-corrected chi connectivity index (χ4v) is 3.12. The number of nitrogens with zero attached hydrogens (tertiary/aromatic N) is 1. The molecule has 3 aromatic rings. The van der Waals surface area contributed by atoms with E-state index in [1.165, 1.54) is 21.3 Å². The topological polar surface area (TPSA) is 92.3 Å². The van der Waals surface area contributed by atoms with Gasteiger partial charge in [-0.05, 0) is 37.3 Å². The average molecular weight is 368 g/mol. The lowest BCUT2D eigenvalue weighted by molar-refractivity contribution is 0.0600. The smallest absolute Gasteiger partial charge is 0.339 e. The molecule has 0 aliphatic heterocycles. The van der Waals surface area contributed by atoms with Crippen molar-refractivity contribution in [3.05, 3.63) is 58.9 Å². The molecule has 0 saturated carbocycles. The van der Waals surface area contributed by atoms with E-state index < -0.39 is 5.97 Å². The van der Waals surface area contributed by atoms with Crippen LogP contribution in [-0.2, 0) is 4.74 Å². The first kappa shape index (κ1) is 18.3. The van der Waals surface area contributed by atoms with Crippen molar-refractivity contribution in [1.82, 2.24) is 4.40 Å². The number of nitrogen functional groups attached to an aromatic ring is 1. The number of fused-ring (bicyclic) bond motifs is 1. The van der Waals surface area contributed by atoms with Crippen molar-refractivity contribution in [1.29, 1.82) is 0 Å². The van der Waals surface area contributed by atoms with E-state index in [1.807, 2.05) is 0 Å². The maximum atomic E-state index is 13.3. The molecule has 7 heteroatoms. The van der Waals surface area contributed by atoms with Gasteiger partial charge in [0.05, 0.1) is 38.1 Å². The third-order valence-corrected chi connectivity index (χ3v) is 4.45. The van der Waals surface area contributed by atoms with Crippen LogP contribution in [0.5, 0.6) is 11.5 Å². The number of carbonyl (C=O) groups is 2. The van der Waals surface area contributed by atoms with Crippen LogP contribution >= 0.6 is 0 Å². The molecule has 3 rings (SSSR count). The first-order valence-electron chi connectivity index (χ1n) is 8.18. The number of nitrogens with two attached hydrogens (primary N) is 1. The van der Waals surface area contributed by atoms with Gasteiger partial charge >= 0.3 is 5.97 Å². The predicted molar refractivity (Wildman–Crippen MR) is 101 cm³/mol. The van der Waals surface area contributed by atoms with Crippen LogP contribution < -0.4 is 15.2 Å². The van der Waals surface area contributed by atoms with Gasteiger partial charge in [0, 0.05) is 17.3 Å². The Morgan fingerprint density at radius 1 is 1.00 bits per heavy atom.